The Labute approximate surface area is 65.8 Å². The van der Waals surface area contributed by atoms with E-state index in [-0.39, 0.29) is 36.0 Å². The van der Waals surface area contributed by atoms with Crippen molar-refractivity contribution in [1.29, 1.82) is 0 Å². The summed E-state index contributed by atoms with van der Waals surface area (Å²) in [5, 5.41) is 7.89. The van der Waals surface area contributed by atoms with Crippen LogP contribution in [0.5, 0.6) is 0 Å². The van der Waals surface area contributed by atoms with Gasteiger partial charge < -0.3 is 5.11 Å². The Morgan fingerprint density at radius 2 is 1.75 bits per heavy atom. The predicted molar refractivity (Wildman–Crippen MR) is 28.2 cm³/mol. The van der Waals surface area contributed by atoms with E-state index in [1.807, 2.05) is 0 Å². The van der Waals surface area contributed by atoms with Crippen LogP contribution in [0.2, 0.25) is 0 Å². The second-order valence-electron chi connectivity index (χ2n) is 1.09. The maximum absolute atomic E-state index is 9.60. The number of aliphatic carboxylic acids is 1. The van der Waals surface area contributed by atoms with Gasteiger partial charge in [-0.05, 0) is 6.92 Å². The van der Waals surface area contributed by atoms with Gasteiger partial charge in [-0.15, -0.1) is 0 Å². The van der Waals surface area contributed by atoms with Crippen LogP contribution in [0.1, 0.15) is 6.92 Å². The predicted octanol–water partition coefficient (Wildman–Crippen LogP) is 0.264. The molecule has 0 bridgehead atoms. The van der Waals surface area contributed by atoms with Gasteiger partial charge in [0.2, 0.25) is 0 Å². The number of carboxylic acid groups (broad SMARTS) is 1. The first-order chi connectivity index (χ1) is 2.64. The fraction of sp³-hybridized carbons (Fsp3) is 0.250. The van der Waals surface area contributed by atoms with Crippen LogP contribution in [0.25, 0.3) is 0 Å². The monoisotopic (exact) mass is 178 g/mol. The molecule has 4 heteroatoms. The Hall–Kier alpha value is 0.0503. The molecule has 0 spiro atoms. The molecule has 0 atom stereocenters. The number of hydrogen-bond donors (Lipinski definition) is 1. The van der Waals surface area contributed by atoms with Crippen molar-refractivity contribution in [1.82, 2.24) is 0 Å². The molecule has 0 saturated carbocycles. The molecule has 0 saturated heterocycles. The smallest absolute Gasteiger partial charge is 0.330 e. The minimum Gasteiger partial charge on any atom is -0.478 e. The SMILES string of the molecule is C=C(C)C(=O)O.[Si].[Zn]. The molecule has 0 aromatic heterocycles. The van der Waals surface area contributed by atoms with E-state index in [0.717, 1.165) is 0 Å². The molecule has 0 amide bonds. The number of carboxylic acids is 1. The summed E-state index contributed by atoms with van der Waals surface area (Å²) in [5.41, 5.74) is 0.176. The maximum Gasteiger partial charge on any atom is 0.330 e. The fourth-order valence-electron chi connectivity index (χ4n) is 0. The molecule has 2 nitrogen and oxygen atoms in total. The van der Waals surface area contributed by atoms with Gasteiger partial charge in [-0.3, -0.25) is 0 Å². The van der Waals surface area contributed by atoms with Gasteiger partial charge in [0.1, 0.15) is 0 Å². The molecule has 4 radical (unpaired) electrons. The standard InChI is InChI=1S/C4H6O2.Si.Zn/c1-3(2)4(5)6;;/h1H2,2H3,(H,5,6);;. The van der Waals surface area contributed by atoms with Crippen LogP contribution < -0.4 is 0 Å². The van der Waals surface area contributed by atoms with Crippen molar-refractivity contribution in [2.24, 2.45) is 0 Å². The number of hydrogen-bond acceptors (Lipinski definition) is 1. The van der Waals surface area contributed by atoms with E-state index in [4.69, 9.17) is 5.11 Å². The zero-order valence-corrected chi connectivity index (χ0v) is 8.74. The molecule has 0 aromatic carbocycles. The van der Waals surface area contributed by atoms with Gasteiger partial charge >= 0.3 is 5.97 Å². The Bertz CT molecular complexity index is 80.0. The summed E-state index contributed by atoms with van der Waals surface area (Å²) in [6.07, 6.45) is 0. The van der Waals surface area contributed by atoms with Crippen LogP contribution in [-0.2, 0) is 24.3 Å². The maximum atomic E-state index is 9.60. The van der Waals surface area contributed by atoms with E-state index in [2.05, 4.69) is 6.58 Å². The molecule has 0 aliphatic heterocycles. The Kier molecular flexibility index (Phi) is 13.8. The van der Waals surface area contributed by atoms with Crippen LogP contribution in [0.4, 0.5) is 0 Å². The van der Waals surface area contributed by atoms with Gasteiger partial charge in [-0.1, -0.05) is 6.58 Å². The van der Waals surface area contributed by atoms with Gasteiger partial charge in [0.05, 0.1) is 0 Å². The average molecular weight is 180 g/mol. The normalized spacial score (nSPS) is 5.62. The zero-order valence-electron chi connectivity index (χ0n) is 4.77. The summed E-state index contributed by atoms with van der Waals surface area (Å²) in [5.74, 6) is -0.935. The molecule has 0 rings (SSSR count). The number of rotatable bonds is 1. The molecular weight excluding hydrogens is 174 g/mol. The molecule has 0 unspecified atom stereocenters. The summed E-state index contributed by atoms with van der Waals surface area (Å²) in [6.45, 7) is 4.60. The van der Waals surface area contributed by atoms with Crippen LogP contribution in [0, 0.1) is 0 Å². The topological polar surface area (TPSA) is 37.3 Å². The first kappa shape index (κ1) is 15.7. The van der Waals surface area contributed by atoms with Crippen molar-refractivity contribution in [3.05, 3.63) is 12.2 Å². The third kappa shape index (κ3) is 9.41. The van der Waals surface area contributed by atoms with Crippen molar-refractivity contribution in [3.63, 3.8) is 0 Å². The summed E-state index contributed by atoms with van der Waals surface area (Å²) in [4.78, 5) is 9.60. The minimum atomic E-state index is -0.935. The minimum absolute atomic E-state index is 0. The van der Waals surface area contributed by atoms with Gasteiger partial charge in [0.15, 0.2) is 0 Å². The van der Waals surface area contributed by atoms with Crippen molar-refractivity contribution < 1.29 is 29.4 Å². The van der Waals surface area contributed by atoms with Crippen molar-refractivity contribution in [2.45, 2.75) is 6.92 Å². The Morgan fingerprint density at radius 1 is 1.62 bits per heavy atom. The molecule has 0 aliphatic carbocycles. The van der Waals surface area contributed by atoms with Gasteiger partial charge in [-0.2, -0.15) is 0 Å². The second-order valence-corrected chi connectivity index (χ2v) is 1.09. The summed E-state index contributed by atoms with van der Waals surface area (Å²) < 4.78 is 0. The van der Waals surface area contributed by atoms with E-state index in [1.54, 1.807) is 0 Å². The van der Waals surface area contributed by atoms with E-state index >= 15 is 0 Å². The van der Waals surface area contributed by atoms with E-state index in [9.17, 15) is 4.79 Å². The van der Waals surface area contributed by atoms with Gasteiger partial charge in [0.25, 0.3) is 0 Å². The van der Waals surface area contributed by atoms with Crippen molar-refractivity contribution in [3.8, 4) is 0 Å². The van der Waals surface area contributed by atoms with Gasteiger partial charge in [0, 0.05) is 36.0 Å². The molecular formula is C4H6O2SiZn. The van der Waals surface area contributed by atoms with Crippen LogP contribution >= 0.6 is 0 Å². The van der Waals surface area contributed by atoms with Crippen molar-refractivity contribution >= 4 is 16.9 Å². The van der Waals surface area contributed by atoms with E-state index in [0.29, 0.717) is 0 Å². The first-order valence-electron chi connectivity index (χ1n) is 1.53. The third-order valence-electron chi connectivity index (χ3n) is 0.365. The molecule has 0 aliphatic rings. The van der Waals surface area contributed by atoms with E-state index < -0.39 is 5.97 Å². The van der Waals surface area contributed by atoms with Crippen molar-refractivity contribution in [2.75, 3.05) is 0 Å². The van der Waals surface area contributed by atoms with Crippen LogP contribution in [0.3, 0.4) is 0 Å². The molecule has 0 aromatic rings. The molecule has 40 valence electrons. The Morgan fingerprint density at radius 3 is 1.75 bits per heavy atom. The summed E-state index contributed by atoms with van der Waals surface area (Å²) >= 11 is 0. The largest absolute Gasteiger partial charge is 0.478 e. The Balaban J connectivity index is -0.000000125. The molecule has 8 heavy (non-hydrogen) atoms. The van der Waals surface area contributed by atoms with E-state index in [1.165, 1.54) is 6.92 Å². The number of carbonyl (C=O) groups is 1. The third-order valence-corrected chi connectivity index (χ3v) is 0.365. The molecule has 0 heterocycles. The van der Waals surface area contributed by atoms with Crippen LogP contribution in [-0.4, -0.2) is 22.0 Å². The summed E-state index contributed by atoms with van der Waals surface area (Å²) in [6, 6.07) is 0. The first-order valence-corrected chi connectivity index (χ1v) is 1.53. The zero-order chi connectivity index (χ0) is 5.15. The molecule has 0 fully saturated rings. The second kappa shape index (κ2) is 7.05. The fourth-order valence-corrected chi connectivity index (χ4v) is 0. The summed E-state index contributed by atoms with van der Waals surface area (Å²) in [7, 11) is 0. The van der Waals surface area contributed by atoms with Crippen LogP contribution in [0.15, 0.2) is 12.2 Å². The molecule has 1 N–H and O–H groups in total. The van der Waals surface area contributed by atoms with Gasteiger partial charge in [-0.25, -0.2) is 4.79 Å². The quantitative estimate of drug-likeness (QED) is 0.463. The average Bonchev–Trinajstić information content (AvgIpc) is 1.36.